The van der Waals surface area contributed by atoms with Gasteiger partial charge >= 0.3 is 0 Å². The van der Waals surface area contributed by atoms with Crippen LogP contribution in [0.2, 0.25) is 0 Å². The van der Waals surface area contributed by atoms with E-state index < -0.39 is 0 Å². The second-order valence-corrected chi connectivity index (χ2v) is 10.4. The third-order valence-corrected chi connectivity index (χ3v) is 8.63. The number of phenolic OH excluding ortho intramolecular Hbond substituents is 1. The van der Waals surface area contributed by atoms with Crippen molar-refractivity contribution in [2.45, 2.75) is 45.2 Å². The summed E-state index contributed by atoms with van der Waals surface area (Å²) in [6, 6.07) is 11.1. The number of hydrogen-bond donors (Lipinski definition) is 1. The first-order valence-corrected chi connectivity index (χ1v) is 11.2. The van der Waals surface area contributed by atoms with Crippen molar-refractivity contribution in [3.63, 3.8) is 0 Å². The number of nitrogens with zero attached hydrogens (tertiary/aromatic N) is 2. The van der Waals surface area contributed by atoms with Crippen molar-refractivity contribution in [1.82, 2.24) is 9.80 Å². The molecule has 2 heterocycles. The quantitative estimate of drug-likeness (QED) is 0.831. The lowest BCUT2D eigenvalue weighted by atomic mass is 9.92. The van der Waals surface area contributed by atoms with Gasteiger partial charge in [0.05, 0.1) is 12.1 Å². The number of fused-ring (bicyclic) bond motifs is 4. The van der Waals surface area contributed by atoms with E-state index in [-0.39, 0.29) is 29.7 Å². The first kappa shape index (κ1) is 18.2. The Morgan fingerprint density at radius 1 is 0.900 bits per heavy atom. The molecule has 2 aromatic rings. The Hall–Kier alpha value is -2.56. The molecule has 2 saturated carbocycles. The Morgan fingerprint density at radius 2 is 1.53 bits per heavy atom. The van der Waals surface area contributed by atoms with E-state index in [9.17, 15) is 14.7 Å². The molecule has 4 aliphatic rings. The third-order valence-electron chi connectivity index (χ3n) is 8.63. The van der Waals surface area contributed by atoms with E-state index in [0.717, 1.165) is 36.5 Å². The van der Waals surface area contributed by atoms with Gasteiger partial charge in [0.25, 0.3) is 5.91 Å². The van der Waals surface area contributed by atoms with E-state index in [1.807, 2.05) is 29.2 Å². The fourth-order valence-electron chi connectivity index (χ4n) is 6.75. The molecule has 5 atom stereocenters. The van der Waals surface area contributed by atoms with Crippen LogP contribution in [0.4, 0.5) is 0 Å². The van der Waals surface area contributed by atoms with Crippen LogP contribution in [0.5, 0.6) is 5.75 Å². The van der Waals surface area contributed by atoms with Crippen molar-refractivity contribution in [3.05, 3.63) is 42.0 Å². The van der Waals surface area contributed by atoms with Crippen LogP contribution in [0.1, 0.15) is 43.5 Å². The summed E-state index contributed by atoms with van der Waals surface area (Å²) in [5.41, 5.74) is 1.07. The van der Waals surface area contributed by atoms with Crippen LogP contribution in [-0.2, 0) is 4.79 Å². The van der Waals surface area contributed by atoms with Crippen molar-refractivity contribution in [3.8, 4) is 5.75 Å². The van der Waals surface area contributed by atoms with Crippen LogP contribution in [0.3, 0.4) is 0 Å². The number of piperazine rings is 1. The molecule has 2 bridgehead atoms. The minimum Gasteiger partial charge on any atom is -0.507 e. The fourth-order valence-corrected chi connectivity index (χ4v) is 6.75. The highest BCUT2D eigenvalue weighted by Crippen LogP contribution is 2.68. The number of aromatic hydroxyl groups is 1. The number of phenols is 1. The second kappa shape index (κ2) is 5.99. The minimum atomic E-state index is 0.00894. The van der Waals surface area contributed by atoms with Crippen molar-refractivity contribution >= 4 is 22.6 Å². The Bertz CT molecular complexity index is 1060. The first-order chi connectivity index (χ1) is 14.4. The van der Waals surface area contributed by atoms with Gasteiger partial charge in [0.2, 0.25) is 5.91 Å². The molecule has 1 N–H and O–H groups in total. The van der Waals surface area contributed by atoms with E-state index in [2.05, 4.69) is 18.7 Å². The van der Waals surface area contributed by atoms with Crippen LogP contribution < -0.4 is 0 Å². The summed E-state index contributed by atoms with van der Waals surface area (Å²) in [4.78, 5) is 30.5. The number of amides is 2. The average molecular weight is 405 g/mol. The number of hydrogen-bond acceptors (Lipinski definition) is 3. The summed E-state index contributed by atoms with van der Waals surface area (Å²) in [6.07, 6.45) is 2.98. The maximum absolute atomic E-state index is 13.4. The lowest BCUT2D eigenvalue weighted by Crippen LogP contribution is -2.52. The average Bonchev–Trinajstić information content (AvgIpc) is 3.29. The van der Waals surface area contributed by atoms with E-state index in [1.54, 1.807) is 12.1 Å². The monoisotopic (exact) mass is 404 g/mol. The summed E-state index contributed by atoms with van der Waals surface area (Å²) < 4.78 is 0. The van der Waals surface area contributed by atoms with Crippen molar-refractivity contribution in [2.75, 3.05) is 13.1 Å². The highest BCUT2D eigenvalue weighted by molar-refractivity contribution is 6.08. The molecule has 5 heteroatoms. The molecule has 2 aliphatic carbocycles. The number of benzene rings is 2. The van der Waals surface area contributed by atoms with Gasteiger partial charge in [-0.15, -0.1) is 0 Å². The van der Waals surface area contributed by atoms with Gasteiger partial charge in [-0.1, -0.05) is 38.1 Å². The molecule has 4 fully saturated rings. The lowest BCUT2D eigenvalue weighted by Gasteiger charge is -2.36. The lowest BCUT2D eigenvalue weighted by molar-refractivity contribution is -0.138. The van der Waals surface area contributed by atoms with Crippen molar-refractivity contribution in [2.24, 2.45) is 23.2 Å². The van der Waals surface area contributed by atoms with Gasteiger partial charge in [-0.2, -0.15) is 0 Å². The standard InChI is InChI=1S/C25H28N2O3/c1-25(2)20-9-14(10-21(20)25)23(29)26-12-16-11-15(26)13-27(16)24(30)19-7-8-22(28)18-6-4-3-5-17(18)19/h3-8,14-16,20-21,28H,9-13H2,1-2H3/t14?,15-,16-,20-,21+/m0/s1. The van der Waals surface area contributed by atoms with E-state index in [1.165, 1.54) is 0 Å². The maximum Gasteiger partial charge on any atom is 0.254 e. The molecule has 0 aromatic heterocycles. The molecule has 2 aromatic carbocycles. The zero-order valence-corrected chi connectivity index (χ0v) is 17.5. The number of carbonyl (C=O) groups excluding carboxylic acids is 2. The van der Waals surface area contributed by atoms with Crippen molar-refractivity contribution in [1.29, 1.82) is 0 Å². The molecule has 1 unspecified atom stereocenters. The zero-order chi connectivity index (χ0) is 20.8. The summed E-state index contributed by atoms with van der Waals surface area (Å²) in [5, 5.41) is 11.6. The van der Waals surface area contributed by atoms with Gasteiger partial charge in [-0.3, -0.25) is 9.59 Å². The summed E-state index contributed by atoms with van der Waals surface area (Å²) in [5.74, 6) is 2.18. The molecule has 5 nitrogen and oxygen atoms in total. The highest BCUT2D eigenvalue weighted by atomic mass is 16.3. The molecule has 0 spiro atoms. The molecule has 6 rings (SSSR count). The second-order valence-electron chi connectivity index (χ2n) is 10.4. The van der Waals surface area contributed by atoms with Crippen LogP contribution in [-0.4, -0.2) is 51.9 Å². The van der Waals surface area contributed by atoms with Gasteiger partial charge in [0, 0.05) is 30.0 Å². The largest absolute Gasteiger partial charge is 0.507 e. The minimum absolute atomic E-state index is 0.00894. The molecule has 30 heavy (non-hydrogen) atoms. The predicted molar refractivity (Wildman–Crippen MR) is 114 cm³/mol. The van der Waals surface area contributed by atoms with Gasteiger partial charge in [-0.25, -0.2) is 0 Å². The number of carbonyl (C=O) groups is 2. The fraction of sp³-hybridized carbons (Fsp3) is 0.520. The Balaban J connectivity index is 1.18. The maximum atomic E-state index is 13.4. The normalized spacial score (nSPS) is 33.2. The molecule has 2 amide bonds. The summed E-state index contributed by atoms with van der Waals surface area (Å²) in [6.45, 7) is 5.95. The Labute approximate surface area is 176 Å². The highest BCUT2D eigenvalue weighted by Gasteiger charge is 2.63. The number of rotatable bonds is 2. The van der Waals surface area contributed by atoms with Gasteiger partial charge in [0.15, 0.2) is 0 Å². The first-order valence-electron chi connectivity index (χ1n) is 11.2. The zero-order valence-electron chi connectivity index (χ0n) is 17.5. The van der Waals surface area contributed by atoms with Crippen LogP contribution in [0, 0.1) is 23.2 Å². The Kier molecular flexibility index (Phi) is 3.64. The van der Waals surface area contributed by atoms with Gasteiger partial charge in [-0.05, 0) is 54.0 Å². The summed E-state index contributed by atoms with van der Waals surface area (Å²) >= 11 is 0. The van der Waals surface area contributed by atoms with Crippen molar-refractivity contribution < 1.29 is 14.7 Å². The van der Waals surface area contributed by atoms with Crippen LogP contribution in [0.25, 0.3) is 10.8 Å². The van der Waals surface area contributed by atoms with E-state index >= 15 is 0 Å². The van der Waals surface area contributed by atoms with Gasteiger partial charge < -0.3 is 14.9 Å². The van der Waals surface area contributed by atoms with Crippen LogP contribution in [0.15, 0.2) is 36.4 Å². The van der Waals surface area contributed by atoms with Gasteiger partial charge in [0.1, 0.15) is 5.75 Å². The smallest absolute Gasteiger partial charge is 0.254 e. The molecule has 2 aliphatic heterocycles. The summed E-state index contributed by atoms with van der Waals surface area (Å²) in [7, 11) is 0. The molecule has 156 valence electrons. The topological polar surface area (TPSA) is 60.9 Å². The predicted octanol–water partition coefficient (Wildman–Crippen LogP) is 3.65. The van der Waals surface area contributed by atoms with E-state index in [0.29, 0.717) is 35.4 Å². The molecular formula is C25H28N2O3. The number of likely N-dealkylation sites (tertiary alicyclic amines) is 2. The SMILES string of the molecule is CC1(C)[C@@H]2CC(C(=O)N3C[C@@H]4C[C@H]3CN4C(=O)c3ccc(O)c4ccccc34)C[C@@H]21. The molecular weight excluding hydrogens is 376 g/mol. The third kappa shape index (κ3) is 2.41. The Morgan fingerprint density at radius 3 is 2.20 bits per heavy atom. The van der Waals surface area contributed by atoms with Crippen LogP contribution >= 0.6 is 0 Å². The molecule has 2 saturated heterocycles. The molecule has 0 radical (unpaired) electrons. The van der Waals surface area contributed by atoms with E-state index in [4.69, 9.17) is 0 Å².